The van der Waals surface area contributed by atoms with Crippen LogP contribution >= 0.6 is 0 Å². The van der Waals surface area contributed by atoms with E-state index < -0.39 is 18.5 Å². The number of carbonyl (C=O) groups is 3. The van der Waals surface area contributed by atoms with Crippen molar-refractivity contribution in [1.29, 1.82) is 0 Å². The second-order valence-corrected chi connectivity index (χ2v) is 8.30. The standard InChI is InChI=1S/C26H32N2O6/c1-4-32-23-11-6-5-10-22(23)27-24(29)16-34-26(31)20-12-14-21(15-13-20)33-17-25(30)28-18(2)8-7-9-19(28)3/h5-6,10-15,18-19H,4,7-9,16-17H2,1-3H3,(H,27,29)/t18-,19+. The minimum Gasteiger partial charge on any atom is -0.492 e. The number of carbonyl (C=O) groups excluding carboxylic acids is 3. The van der Waals surface area contributed by atoms with E-state index in [0.717, 1.165) is 19.3 Å². The SMILES string of the molecule is CCOc1ccccc1NC(=O)COC(=O)c1ccc(OCC(=O)N2[C@H](C)CCC[C@@H]2C)cc1. The van der Waals surface area contributed by atoms with Gasteiger partial charge in [0.25, 0.3) is 11.8 Å². The number of rotatable bonds is 9. The summed E-state index contributed by atoms with van der Waals surface area (Å²) >= 11 is 0. The number of piperidine rings is 1. The molecule has 182 valence electrons. The molecular formula is C26H32N2O6. The Balaban J connectivity index is 1.46. The number of amides is 2. The average Bonchev–Trinajstić information content (AvgIpc) is 2.83. The van der Waals surface area contributed by atoms with Gasteiger partial charge in [0.1, 0.15) is 11.5 Å². The van der Waals surface area contributed by atoms with Gasteiger partial charge in [-0.05, 0) is 76.4 Å². The Kier molecular flexibility index (Phi) is 8.90. The summed E-state index contributed by atoms with van der Waals surface area (Å²) in [7, 11) is 0. The fraction of sp³-hybridized carbons (Fsp3) is 0.423. The number of hydrogen-bond acceptors (Lipinski definition) is 6. The number of esters is 1. The molecule has 1 fully saturated rings. The molecule has 34 heavy (non-hydrogen) atoms. The molecule has 1 heterocycles. The van der Waals surface area contributed by atoms with Gasteiger partial charge in [0.05, 0.1) is 17.9 Å². The van der Waals surface area contributed by atoms with Crippen LogP contribution in [-0.2, 0) is 14.3 Å². The van der Waals surface area contributed by atoms with E-state index in [0.29, 0.717) is 23.8 Å². The van der Waals surface area contributed by atoms with Gasteiger partial charge < -0.3 is 24.4 Å². The number of likely N-dealkylation sites (tertiary alicyclic amines) is 1. The van der Waals surface area contributed by atoms with Crippen molar-refractivity contribution in [3.8, 4) is 11.5 Å². The maximum absolute atomic E-state index is 12.6. The van der Waals surface area contributed by atoms with Gasteiger partial charge in [0.15, 0.2) is 13.2 Å². The Morgan fingerprint density at radius 1 is 0.941 bits per heavy atom. The molecular weight excluding hydrogens is 436 g/mol. The number of nitrogens with zero attached hydrogens (tertiary/aromatic N) is 1. The van der Waals surface area contributed by atoms with E-state index in [4.69, 9.17) is 14.2 Å². The smallest absolute Gasteiger partial charge is 0.338 e. The summed E-state index contributed by atoms with van der Waals surface area (Å²) in [6, 6.07) is 13.7. The summed E-state index contributed by atoms with van der Waals surface area (Å²) in [5.41, 5.74) is 0.786. The molecule has 2 aromatic rings. The summed E-state index contributed by atoms with van der Waals surface area (Å²) in [5.74, 6) is -0.123. The van der Waals surface area contributed by atoms with E-state index in [2.05, 4.69) is 19.2 Å². The van der Waals surface area contributed by atoms with E-state index in [1.54, 1.807) is 36.4 Å². The molecule has 1 N–H and O–H groups in total. The first-order valence-electron chi connectivity index (χ1n) is 11.6. The van der Waals surface area contributed by atoms with Gasteiger partial charge in [-0.2, -0.15) is 0 Å². The number of para-hydroxylation sites is 2. The predicted octanol–water partition coefficient (Wildman–Crippen LogP) is 4.05. The molecule has 0 unspecified atom stereocenters. The molecule has 0 aromatic heterocycles. The van der Waals surface area contributed by atoms with Crippen LogP contribution in [0.25, 0.3) is 0 Å². The number of nitrogens with one attached hydrogen (secondary N) is 1. The highest BCUT2D eigenvalue weighted by atomic mass is 16.5. The third-order valence-corrected chi connectivity index (χ3v) is 5.73. The molecule has 0 saturated carbocycles. The average molecular weight is 469 g/mol. The van der Waals surface area contributed by atoms with Crippen LogP contribution in [0.2, 0.25) is 0 Å². The summed E-state index contributed by atoms with van der Waals surface area (Å²) < 4.78 is 16.2. The lowest BCUT2D eigenvalue weighted by atomic mass is 9.97. The first-order chi connectivity index (χ1) is 16.4. The summed E-state index contributed by atoms with van der Waals surface area (Å²) in [4.78, 5) is 39.0. The third-order valence-electron chi connectivity index (χ3n) is 5.73. The van der Waals surface area contributed by atoms with E-state index in [9.17, 15) is 14.4 Å². The van der Waals surface area contributed by atoms with Crippen LogP contribution in [0.4, 0.5) is 5.69 Å². The van der Waals surface area contributed by atoms with Crippen LogP contribution in [0.15, 0.2) is 48.5 Å². The van der Waals surface area contributed by atoms with Crippen LogP contribution in [0.3, 0.4) is 0 Å². The number of benzene rings is 2. The monoisotopic (exact) mass is 468 g/mol. The lowest BCUT2D eigenvalue weighted by Gasteiger charge is -2.38. The lowest BCUT2D eigenvalue weighted by Crippen LogP contribution is -2.49. The zero-order valence-electron chi connectivity index (χ0n) is 19.9. The van der Waals surface area contributed by atoms with Gasteiger partial charge >= 0.3 is 5.97 Å². The molecule has 8 heteroatoms. The second-order valence-electron chi connectivity index (χ2n) is 8.30. The molecule has 0 radical (unpaired) electrons. The second kappa shape index (κ2) is 12.1. The van der Waals surface area contributed by atoms with Crippen molar-refractivity contribution in [2.24, 2.45) is 0 Å². The number of ether oxygens (including phenoxy) is 3. The van der Waals surface area contributed by atoms with Crippen molar-refractivity contribution in [2.45, 2.75) is 52.1 Å². The van der Waals surface area contributed by atoms with Crippen LogP contribution in [-0.4, -0.2) is 54.6 Å². The highest BCUT2D eigenvalue weighted by molar-refractivity contribution is 5.96. The van der Waals surface area contributed by atoms with Crippen molar-refractivity contribution >= 4 is 23.5 Å². The summed E-state index contributed by atoms with van der Waals surface area (Å²) in [6.45, 7) is 5.95. The van der Waals surface area contributed by atoms with Crippen molar-refractivity contribution in [3.63, 3.8) is 0 Å². The molecule has 2 aromatic carbocycles. The van der Waals surface area contributed by atoms with E-state index in [1.165, 1.54) is 12.1 Å². The lowest BCUT2D eigenvalue weighted by molar-refractivity contribution is -0.139. The highest BCUT2D eigenvalue weighted by Gasteiger charge is 2.29. The van der Waals surface area contributed by atoms with Crippen LogP contribution in [0, 0.1) is 0 Å². The normalized spacial score (nSPS) is 17.6. The third kappa shape index (κ3) is 6.73. The van der Waals surface area contributed by atoms with E-state index in [-0.39, 0.29) is 30.2 Å². The van der Waals surface area contributed by atoms with Crippen molar-refractivity contribution in [2.75, 3.05) is 25.1 Å². The topological polar surface area (TPSA) is 94.2 Å². The molecule has 0 aliphatic carbocycles. The fourth-order valence-corrected chi connectivity index (χ4v) is 4.07. The number of hydrogen-bond donors (Lipinski definition) is 1. The fourth-order valence-electron chi connectivity index (χ4n) is 4.07. The molecule has 1 saturated heterocycles. The molecule has 2 atom stereocenters. The Morgan fingerprint density at radius 3 is 2.29 bits per heavy atom. The van der Waals surface area contributed by atoms with Gasteiger partial charge in [0.2, 0.25) is 0 Å². The van der Waals surface area contributed by atoms with E-state index in [1.807, 2.05) is 11.8 Å². The molecule has 0 spiro atoms. The Labute approximate surface area is 200 Å². The molecule has 1 aliphatic rings. The first kappa shape index (κ1) is 25.1. The Bertz CT molecular complexity index is 981. The largest absolute Gasteiger partial charge is 0.492 e. The predicted molar refractivity (Wildman–Crippen MR) is 128 cm³/mol. The minimum atomic E-state index is -0.633. The zero-order chi connectivity index (χ0) is 24.5. The van der Waals surface area contributed by atoms with Gasteiger partial charge in [-0.25, -0.2) is 4.79 Å². The maximum Gasteiger partial charge on any atom is 0.338 e. The van der Waals surface area contributed by atoms with Crippen LogP contribution in [0.1, 0.15) is 50.4 Å². The van der Waals surface area contributed by atoms with Gasteiger partial charge in [-0.1, -0.05) is 12.1 Å². The Morgan fingerprint density at radius 2 is 1.62 bits per heavy atom. The van der Waals surface area contributed by atoms with Gasteiger partial charge in [-0.15, -0.1) is 0 Å². The number of anilines is 1. The summed E-state index contributed by atoms with van der Waals surface area (Å²) in [5, 5.41) is 2.67. The first-order valence-corrected chi connectivity index (χ1v) is 11.6. The van der Waals surface area contributed by atoms with Crippen molar-refractivity contribution in [1.82, 2.24) is 4.90 Å². The van der Waals surface area contributed by atoms with Crippen LogP contribution < -0.4 is 14.8 Å². The van der Waals surface area contributed by atoms with E-state index >= 15 is 0 Å². The molecule has 8 nitrogen and oxygen atoms in total. The van der Waals surface area contributed by atoms with Gasteiger partial charge in [0, 0.05) is 12.1 Å². The summed E-state index contributed by atoms with van der Waals surface area (Å²) in [6.07, 6.45) is 3.14. The quantitative estimate of drug-likeness (QED) is 0.558. The molecule has 2 amide bonds. The molecule has 1 aliphatic heterocycles. The molecule has 3 rings (SSSR count). The Hall–Kier alpha value is -3.55. The highest BCUT2D eigenvalue weighted by Crippen LogP contribution is 2.24. The van der Waals surface area contributed by atoms with Crippen molar-refractivity contribution < 1.29 is 28.6 Å². The van der Waals surface area contributed by atoms with Crippen molar-refractivity contribution in [3.05, 3.63) is 54.1 Å². The van der Waals surface area contributed by atoms with Crippen LogP contribution in [0.5, 0.6) is 11.5 Å². The minimum absolute atomic E-state index is 0.0416. The maximum atomic E-state index is 12.6. The van der Waals surface area contributed by atoms with Gasteiger partial charge in [-0.3, -0.25) is 9.59 Å². The molecule has 0 bridgehead atoms. The zero-order valence-corrected chi connectivity index (χ0v) is 19.9.